The predicted molar refractivity (Wildman–Crippen MR) is 91.0 cm³/mol. The van der Waals surface area contributed by atoms with Crippen LogP contribution >= 0.6 is 0 Å². The first kappa shape index (κ1) is 16.2. The van der Waals surface area contributed by atoms with Crippen molar-refractivity contribution in [2.75, 3.05) is 29.0 Å². The van der Waals surface area contributed by atoms with Gasteiger partial charge in [-0.2, -0.15) is 0 Å². The van der Waals surface area contributed by atoms with Gasteiger partial charge in [0.25, 0.3) is 5.91 Å². The zero-order chi connectivity index (χ0) is 18.3. The van der Waals surface area contributed by atoms with Gasteiger partial charge < -0.3 is 16.0 Å². The molecule has 0 aliphatic carbocycles. The van der Waals surface area contributed by atoms with Crippen LogP contribution in [0.1, 0.15) is 23.2 Å². The van der Waals surface area contributed by atoms with Crippen LogP contribution in [-0.2, 0) is 0 Å². The normalized spacial score (nSPS) is 14.2. The summed E-state index contributed by atoms with van der Waals surface area (Å²) in [5, 5.41) is 6.51. The van der Waals surface area contributed by atoms with Crippen molar-refractivity contribution in [3.05, 3.63) is 42.0 Å². The van der Waals surface area contributed by atoms with Gasteiger partial charge in [-0.05, 0) is 12.8 Å². The molecule has 0 unspecified atom stereocenters. The number of aromatic nitrogens is 4. The molecule has 4 heterocycles. The molecule has 1 fully saturated rings. The molecular weight excluding hydrogens is 344 g/mol. The highest BCUT2D eigenvalue weighted by Crippen LogP contribution is 2.31. The van der Waals surface area contributed by atoms with E-state index in [1.807, 2.05) is 4.90 Å². The number of fused-ring (bicyclic) bond motifs is 1. The Labute approximate surface area is 146 Å². The molecule has 1 saturated heterocycles. The Morgan fingerprint density at radius 1 is 1.19 bits per heavy atom. The largest absolute Gasteiger partial charge is 0.381 e. The Morgan fingerprint density at radius 2 is 1.96 bits per heavy atom. The van der Waals surface area contributed by atoms with E-state index in [4.69, 9.17) is 5.73 Å². The average molecular weight is 359 g/mol. The second-order valence-electron chi connectivity index (χ2n) is 5.97. The molecule has 134 valence electrons. The first-order chi connectivity index (χ1) is 12.5. The second kappa shape index (κ2) is 6.21. The quantitative estimate of drug-likeness (QED) is 0.740. The summed E-state index contributed by atoms with van der Waals surface area (Å²) >= 11 is 0. The van der Waals surface area contributed by atoms with Gasteiger partial charge in [0.15, 0.2) is 23.1 Å². The van der Waals surface area contributed by atoms with Crippen molar-refractivity contribution in [2.24, 2.45) is 0 Å². The minimum Gasteiger partial charge on any atom is -0.381 e. The number of nitrogens with zero attached hydrogens (tertiary/aromatic N) is 5. The van der Waals surface area contributed by atoms with Gasteiger partial charge in [0.2, 0.25) is 0 Å². The third-order valence-electron chi connectivity index (χ3n) is 4.24. The number of pyridine rings is 1. The van der Waals surface area contributed by atoms with Gasteiger partial charge in [0.05, 0.1) is 30.5 Å². The molecule has 3 N–H and O–H groups in total. The summed E-state index contributed by atoms with van der Waals surface area (Å²) in [5.74, 6) is -1.85. The van der Waals surface area contributed by atoms with E-state index < -0.39 is 17.5 Å². The van der Waals surface area contributed by atoms with Crippen LogP contribution in [0.25, 0.3) is 5.65 Å². The highest BCUT2D eigenvalue weighted by atomic mass is 19.1. The molecule has 1 aliphatic rings. The molecule has 3 aromatic heterocycles. The number of hydrogen-bond acceptors (Lipinski definition) is 6. The smallest absolute Gasteiger partial charge is 0.263 e. The first-order valence-corrected chi connectivity index (χ1v) is 8.04. The van der Waals surface area contributed by atoms with Crippen LogP contribution in [0, 0.1) is 11.6 Å². The molecule has 26 heavy (non-hydrogen) atoms. The zero-order valence-corrected chi connectivity index (χ0v) is 13.6. The number of carbonyl (C=O) groups excluding carboxylic acids is 1. The van der Waals surface area contributed by atoms with Gasteiger partial charge in [0, 0.05) is 13.1 Å². The van der Waals surface area contributed by atoms with E-state index in [1.54, 1.807) is 0 Å². The maximum absolute atomic E-state index is 14.3. The Balaban J connectivity index is 1.72. The van der Waals surface area contributed by atoms with E-state index >= 15 is 0 Å². The van der Waals surface area contributed by atoms with Crippen LogP contribution in [-0.4, -0.2) is 38.6 Å². The fourth-order valence-corrected chi connectivity index (χ4v) is 3.11. The Kier molecular flexibility index (Phi) is 3.86. The average Bonchev–Trinajstić information content (AvgIpc) is 3.21. The molecule has 4 rings (SSSR count). The molecular formula is C16H15F2N7O. The number of nitrogens with two attached hydrogens (primary N) is 1. The van der Waals surface area contributed by atoms with E-state index in [1.165, 1.54) is 6.20 Å². The molecule has 0 atom stereocenters. The van der Waals surface area contributed by atoms with E-state index in [-0.39, 0.29) is 22.7 Å². The number of nitrogens with one attached hydrogen (secondary N) is 1. The van der Waals surface area contributed by atoms with Crippen LogP contribution in [0.2, 0.25) is 0 Å². The number of anilines is 3. The number of halogens is 2. The van der Waals surface area contributed by atoms with Crippen molar-refractivity contribution in [2.45, 2.75) is 12.8 Å². The number of nitrogen functional groups attached to an aromatic ring is 1. The van der Waals surface area contributed by atoms with Crippen LogP contribution in [0.15, 0.2) is 24.8 Å². The van der Waals surface area contributed by atoms with Crippen LogP contribution in [0.3, 0.4) is 0 Å². The minimum absolute atomic E-state index is 0.0124. The molecule has 0 radical (unpaired) electrons. The number of amides is 1. The summed E-state index contributed by atoms with van der Waals surface area (Å²) in [6, 6.07) is 0. The lowest BCUT2D eigenvalue weighted by molar-refractivity contribution is 0.102. The van der Waals surface area contributed by atoms with Gasteiger partial charge in [-0.1, -0.05) is 0 Å². The topological polar surface area (TPSA) is 101 Å². The van der Waals surface area contributed by atoms with Crippen molar-refractivity contribution in [3.8, 4) is 0 Å². The van der Waals surface area contributed by atoms with Crippen molar-refractivity contribution in [1.29, 1.82) is 0 Å². The van der Waals surface area contributed by atoms with Crippen molar-refractivity contribution in [3.63, 3.8) is 0 Å². The molecule has 8 nitrogen and oxygen atoms in total. The molecule has 1 aliphatic heterocycles. The highest BCUT2D eigenvalue weighted by Gasteiger charge is 2.24. The van der Waals surface area contributed by atoms with Crippen molar-refractivity contribution < 1.29 is 13.6 Å². The van der Waals surface area contributed by atoms with Crippen LogP contribution in [0.4, 0.5) is 26.0 Å². The van der Waals surface area contributed by atoms with Crippen molar-refractivity contribution >= 4 is 28.7 Å². The third kappa shape index (κ3) is 2.68. The van der Waals surface area contributed by atoms with Crippen molar-refractivity contribution in [1.82, 2.24) is 19.6 Å². The fourth-order valence-electron chi connectivity index (χ4n) is 3.11. The van der Waals surface area contributed by atoms with Crippen LogP contribution in [0.5, 0.6) is 0 Å². The minimum atomic E-state index is -0.621. The standard InChI is InChI=1S/C16H15F2N7O/c17-9-5-21-15-12(14(19)23-25(15)8-9)16(26)22-11-7-20-6-10(18)13(11)24-3-1-2-4-24/h5-8H,1-4H2,(H2,19,23)(H,22,26). The Bertz CT molecular complexity index is 998. The van der Waals surface area contributed by atoms with Gasteiger partial charge in [-0.15, -0.1) is 5.10 Å². The number of hydrogen-bond donors (Lipinski definition) is 2. The molecule has 0 saturated carbocycles. The number of carbonyl (C=O) groups is 1. The summed E-state index contributed by atoms with van der Waals surface area (Å²) in [6.07, 6.45) is 6.42. The maximum atomic E-state index is 14.3. The van der Waals surface area contributed by atoms with E-state index in [2.05, 4.69) is 20.4 Å². The highest BCUT2D eigenvalue weighted by molar-refractivity contribution is 6.12. The lowest BCUT2D eigenvalue weighted by atomic mass is 10.2. The van der Waals surface area contributed by atoms with Gasteiger partial charge >= 0.3 is 0 Å². The van der Waals surface area contributed by atoms with Gasteiger partial charge in [0.1, 0.15) is 11.3 Å². The van der Waals surface area contributed by atoms with E-state index in [9.17, 15) is 13.6 Å². The van der Waals surface area contributed by atoms with E-state index in [0.717, 1.165) is 35.9 Å². The molecule has 3 aromatic rings. The molecule has 10 heteroatoms. The Hall–Kier alpha value is -3.30. The molecule has 1 amide bonds. The second-order valence-corrected chi connectivity index (χ2v) is 5.97. The molecule has 0 spiro atoms. The van der Waals surface area contributed by atoms with Gasteiger partial charge in [-0.3, -0.25) is 9.78 Å². The van der Waals surface area contributed by atoms with Crippen LogP contribution < -0.4 is 16.0 Å². The monoisotopic (exact) mass is 359 g/mol. The maximum Gasteiger partial charge on any atom is 0.263 e. The lowest BCUT2D eigenvalue weighted by Gasteiger charge is -2.21. The summed E-state index contributed by atoms with van der Waals surface area (Å²) in [5.41, 5.74) is 6.41. The third-order valence-corrected chi connectivity index (χ3v) is 4.24. The SMILES string of the molecule is Nc1nn2cc(F)cnc2c1C(=O)Nc1cncc(F)c1N1CCCC1. The lowest BCUT2D eigenvalue weighted by Crippen LogP contribution is -2.23. The summed E-state index contributed by atoms with van der Waals surface area (Å²) in [7, 11) is 0. The first-order valence-electron chi connectivity index (χ1n) is 8.04. The zero-order valence-electron chi connectivity index (χ0n) is 13.6. The molecule has 0 bridgehead atoms. The summed E-state index contributed by atoms with van der Waals surface area (Å²) < 4.78 is 28.7. The Morgan fingerprint density at radius 3 is 2.73 bits per heavy atom. The van der Waals surface area contributed by atoms with E-state index in [0.29, 0.717) is 18.8 Å². The predicted octanol–water partition coefficient (Wildman–Crippen LogP) is 1.84. The summed E-state index contributed by atoms with van der Waals surface area (Å²) in [4.78, 5) is 22.3. The van der Waals surface area contributed by atoms with Gasteiger partial charge in [-0.25, -0.2) is 18.3 Å². The molecule has 0 aromatic carbocycles. The fraction of sp³-hybridized carbons (Fsp3) is 0.250. The number of rotatable bonds is 3. The summed E-state index contributed by atoms with van der Waals surface area (Å²) in [6.45, 7) is 1.40.